The summed E-state index contributed by atoms with van der Waals surface area (Å²) in [5.41, 5.74) is -0.503. The number of pyridine rings is 1. The van der Waals surface area contributed by atoms with Gasteiger partial charge in [-0.05, 0) is 45.7 Å². The van der Waals surface area contributed by atoms with Crippen LogP contribution in [0.4, 0.5) is 0 Å². The number of hydrogen-bond donors (Lipinski definition) is 1. The highest BCUT2D eigenvalue weighted by Crippen LogP contribution is 2.16. The maximum Gasteiger partial charge on any atom is 0.259 e. The van der Waals surface area contributed by atoms with Crippen LogP contribution in [0.1, 0.15) is 85.0 Å². The summed E-state index contributed by atoms with van der Waals surface area (Å²) < 4.78 is 7.07. The number of carbonyl (C=O) groups is 2. The Morgan fingerprint density at radius 3 is 2.28 bits per heavy atom. The topological polar surface area (TPSA) is 84.5 Å². The zero-order chi connectivity index (χ0) is 21.0. The molecule has 0 bridgehead atoms. The summed E-state index contributed by atoms with van der Waals surface area (Å²) in [5, 5.41) is 2.79. The average molecular weight is 399 g/mol. The van der Waals surface area contributed by atoms with E-state index in [-0.39, 0.29) is 23.1 Å². The van der Waals surface area contributed by atoms with Crippen LogP contribution in [-0.2, 0) is 0 Å². The van der Waals surface area contributed by atoms with Crippen molar-refractivity contribution in [3.05, 3.63) is 57.9 Å². The van der Waals surface area contributed by atoms with Gasteiger partial charge in [0.2, 0.25) is 5.43 Å². The molecular formula is C22H29N3O4. The molecule has 0 unspecified atom stereocenters. The SMILES string of the molecule is CC(C)n1cc(C(=O)N[C@@H](C)c2ccco2)c(=O)c(C(=O)N2CCCCCC2)c1. The Balaban J connectivity index is 1.93. The number of carbonyl (C=O) groups excluding carboxylic acids is 2. The van der Waals surface area contributed by atoms with E-state index in [0.29, 0.717) is 18.8 Å². The fourth-order valence-electron chi connectivity index (χ4n) is 3.54. The lowest BCUT2D eigenvalue weighted by molar-refractivity contribution is 0.0759. The molecule has 0 radical (unpaired) electrons. The predicted molar refractivity (Wildman–Crippen MR) is 110 cm³/mol. The zero-order valence-corrected chi connectivity index (χ0v) is 17.3. The van der Waals surface area contributed by atoms with Crippen LogP contribution in [0.5, 0.6) is 0 Å². The Hall–Kier alpha value is -2.83. The molecule has 1 N–H and O–H groups in total. The minimum absolute atomic E-state index is 0.000306. The normalized spacial score (nSPS) is 15.8. The van der Waals surface area contributed by atoms with Crippen molar-refractivity contribution >= 4 is 11.8 Å². The summed E-state index contributed by atoms with van der Waals surface area (Å²) in [5.74, 6) is -0.210. The molecule has 0 aromatic carbocycles. The summed E-state index contributed by atoms with van der Waals surface area (Å²) >= 11 is 0. The summed E-state index contributed by atoms with van der Waals surface area (Å²) in [6.45, 7) is 6.96. The highest BCUT2D eigenvalue weighted by molar-refractivity contribution is 5.99. The minimum Gasteiger partial charge on any atom is -0.467 e. The van der Waals surface area contributed by atoms with Gasteiger partial charge in [0.05, 0.1) is 12.3 Å². The molecule has 2 aromatic heterocycles. The molecule has 0 spiro atoms. The van der Waals surface area contributed by atoms with Gasteiger partial charge >= 0.3 is 0 Å². The molecule has 1 fully saturated rings. The number of rotatable bonds is 5. The zero-order valence-electron chi connectivity index (χ0n) is 17.3. The van der Waals surface area contributed by atoms with Gasteiger partial charge in [-0.1, -0.05) is 12.8 Å². The molecule has 156 valence electrons. The summed E-state index contributed by atoms with van der Waals surface area (Å²) in [4.78, 5) is 40.8. The van der Waals surface area contributed by atoms with Gasteiger partial charge in [0, 0.05) is 31.5 Å². The third-order valence-electron chi connectivity index (χ3n) is 5.33. The van der Waals surface area contributed by atoms with Crippen LogP contribution < -0.4 is 10.7 Å². The maximum absolute atomic E-state index is 13.1. The maximum atomic E-state index is 13.1. The van der Waals surface area contributed by atoms with Gasteiger partial charge in [-0.25, -0.2) is 0 Å². The molecule has 1 atom stereocenters. The van der Waals surface area contributed by atoms with E-state index in [9.17, 15) is 14.4 Å². The molecule has 1 saturated heterocycles. The average Bonchev–Trinajstić information content (AvgIpc) is 3.10. The van der Waals surface area contributed by atoms with Crippen LogP contribution in [-0.4, -0.2) is 34.4 Å². The Morgan fingerprint density at radius 2 is 1.69 bits per heavy atom. The first-order chi connectivity index (χ1) is 13.9. The van der Waals surface area contributed by atoms with Crippen LogP contribution in [0.15, 0.2) is 40.0 Å². The van der Waals surface area contributed by atoms with Crippen molar-refractivity contribution in [2.24, 2.45) is 0 Å². The number of nitrogens with zero attached hydrogens (tertiary/aromatic N) is 2. The molecule has 2 amide bonds. The largest absolute Gasteiger partial charge is 0.467 e. The van der Waals surface area contributed by atoms with Gasteiger partial charge in [-0.15, -0.1) is 0 Å². The van der Waals surface area contributed by atoms with Gasteiger partial charge in [-0.3, -0.25) is 14.4 Å². The molecule has 1 aliphatic rings. The second-order valence-corrected chi connectivity index (χ2v) is 7.87. The smallest absolute Gasteiger partial charge is 0.259 e. The molecule has 3 heterocycles. The van der Waals surface area contributed by atoms with E-state index in [1.807, 2.05) is 13.8 Å². The molecule has 2 aromatic rings. The lowest BCUT2D eigenvalue weighted by Gasteiger charge is -2.22. The Bertz CT molecular complexity index is 907. The fourth-order valence-corrected chi connectivity index (χ4v) is 3.54. The monoisotopic (exact) mass is 399 g/mol. The van der Waals surface area contributed by atoms with Gasteiger partial charge in [-0.2, -0.15) is 0 Å². The first-order valence-electron chi connectivity index (χ1n) is 10.3. The number of aromatic nitrogens is 1. The van der Waals surface area contributed by atoms with Crippen LogP contribution in [0, 0.1) is 0 Å². The quantitative estimate of drug-likeness (QED) is 0.834. The predicted octanol–water partition coefficient (Wildman–Crippen LogP) is 3.53. The number of likely N-dealkylation sites (tertiary alicyclic amines) is 1. The van der Waals surface area contributed by atoms with E-state index >= 15 is 0 Å². The Kier molecular flexibility index (Phi) is 6.56. The lowest BCUT2D eigenvalue weighted by atomic mass is 10.1. The van der Waals surface area contributed by atoms with Crippen molar-refractivity contribution in [2.45, 2.75) is 58.5 Å². The molecule has 7 nitrogen and oxygen atoms in total. The van der Waals surface area contributed by atoms with Crippen LogP contribution in [0.2, 0.25) is 0 Å². The Morgan fingerprint density at radius 1 is 1.03 bits per heavy atom. The third kappa shape index (κ3) is 4.78. The fraction of sp³-hybridized carbons (Fsp3) is 0.500. The van der Waals surface area contributed by atoms with E-state index in [2.05, 4.69) is 5.32 Å². The van der Waals surface area contributed by atoms with E-state index in [1.54, 1.807) is 34.7 Å². The molecule has 3 rings (SSSR count). The summed E-state index contributed by atoms with van der Waals surface area (Å²) in [6.07, 6.45) is 8.68. The number of nitrogens with one attached hydrogen (secondary N) is 1. The summed E-state index contributed by atoms with van der Waals surface area (Å²) in [7, 11) is 0. The van der Waals surface area contributed by atoms with Crippen LogP contribution >= 0.6 is 0 Å². The van der Waals surface area contributed by atoms with Crippen molar-refractivity contribution in [3.63, 3.8) is 0 Å². The van der Waals surface area contributed by atoms with Crippen LogP contribution in [0.3, 0.4) is 0 Å². The minimum atomic E-state index is -0.528. The van der Waals surface area contributed by atoms with E-state index in [1.165, 1.54) is 12.5 Å². The van der Waals surface area contributed by atoms with Gasteiger partial charge in [0.1, 0.15) is 16.9 Å². The molecule has 1 aliphatic heterocycles. The number of amides is 2. The second kappa shape index (κ2) is 9.11. The highest BCUT2D eigenvalue weighted by atomic mass is 16.3. The molecule has 7 heteroatoms. The molecular weight excluding hydrogens is 370 g/mol. The molecule has 0 aliphatic carbocycles. The van der Waals surface area contributed by atoms with Crippen molar-refractivity contribution < 1.29 is 14.0 Å². The standard InChI is InChI=1S/C22H29N3O4/c1-15(2)25-13-17(21(27)23-16(3)19-9-8-12-29-19)20(26)18(14-25)22(28)24-10-6-4-5-7-11-24/h8-9,12-16H,4-7,10-11H2,1-3H3,(H,23,27)/t16-/m0/s1. The van der Waals surface area contributed by atoms with Gasteiger partial charge in [0.25, 0.3) is 11.8 Å². The van der Waals surface area contributed by atoms with Crippen molar-refractivity contribution in [1.82, 2.24) is 14.8 Å². The number of furan rings is 1. The van der Waals surface area contributed by atoms with E-state index in [0.717, 1.165) is 25.7 Å². The molecule has 0 saturated carbocycles. The van der Waals surface area contributed by atoms with E-state index < -0.39 is 17.4 Å². The van der Waals surface area contributed by atoms with Crippen molar-refractivity contribution in [3.8, 4) is 0 Å². The lowest BCUT2D eigenvalue weighted by Crippen LogP contribution is -2.38. The van der Waals surface area contributed by atoms with Crippen molar-refractivity contribution in [2.75, 3.05) is 13.1 Å². The van der Waals surface area contributed by atoms with Crippen LogP contribution in [0.25, 0.3) is 0 Å². The van der Waals surface area contributed by atoms with Gasteiger partial charge in [0.15, 0.2) is 0 Å². The second-order valence-electron chi connectivity index (χ2n) is 7.87. The Labute approximate surface area is 170 Å². The molecule has 29 heavy (non-hydrogen) atoms. The third-order valence-corrected chi connectivity index (χ3v) is 5.33. The van der Waals surface area contributed by atoms with E-state index in [4.69, 9.17) is 4.42 Å². The first kappa shape index (κ1) is 20.9. The van der Waals surface area contributed by atoms with Crippen molar-refractivity contribution in [1.29, 1.82) is 0 Å². The first-order valence-corrected chi connectivity index (χ1v) is 10.3. The highest BCUT2D eigenvalue weighted by Gasteiger charge is 2.25. The summed E-state index contributed by atoms with van der Waals surface area (Å²) in [6, 6.07) is 3.11. The number of hydrogen-bond acceptors (Lipinski definition) is 4. The van der Waals surface area contributed by atoms with Gasteiger partial charge < -0.3 is 19.2 Å².